The number of carbonyl (C=O) groups is 1. The Labute approximate surface area is 92.3 Å². The normalized spacial score (nSPS) is 12.3. The van der Waals surface area contributed by atoms with Crippen LogP contribution in [0.2, 0.25) is 0 Å². The van der Waals surface area contributed by atoms with Crippen LogP contribution in [0.5, 0.6) is 0 Å². The van der Waals surface area contributed by atoms with Crippen LogP contribution in [0.25, 0.3) is 0 Å². The number of aliphatic carboxylic acids is 1. The lowest BCUT2D eigenvalue weighted by molar-refractivity contribution is -0.138. The average molecular weight is 229 g/mol. The lowest BCUT2D eigenvalue weighted by Crippen LogP contribution is -2.19. The molecule has 0 heterocycles. The first-order chi connectivity index (χ1) is 7.36. The third kappa shape index (κ3) is 2.13. The number of carboxylic acids is 1. The van der Waals surface area contributed by atoms with E-state index in [0.717, 1.165) is 12.1 Å². The summed E-state index contributed by atoms with van der Waals surface area (Å²) in [5.41, 5.74) is -0.146. The van der Waals surface area contributed by atoms with E-state index in [1.54, 1.807) is 0 Å². The van der Waals surface area contributed by atoms with Crippen molar-refractivity contribution in [1.82, 2.24) is 0 Å². The zero-order chi connectivity index (χ0) is 12.5. The van der Waals surface area contributed by atoms with Crippen LogP contribution in [0.1, 0.15) is 18.4 Å². The summed E-state index contributed by atoms with van der Waals surface area (Å²) >= 11 is 0. The summed E-state index contributed by atoms with van der Waals surface area (Å²) in [5, 5.41) is 8.85. The molecule has 0 radical (unpaired) electrons. The average Bonchev–Trinajstić information content (AvgIpc) is 2.19. The molecule has 0 fully saturated rings. The van der Waals surface area contributed by atoms with Crippen LogP contribution >= 0.6 is 0 Å². The van der Waals surface area contributed by atoms with Gasteiger partial charge in [-0.3, -0.25) is 4.79 Å². The number of carboxylic acid groups (broad SMARTS) is 1. The van der Waals surface area contributed by atoms with Gasteiger partial charge in [-0.1, -0.05) is 0 Å². The molecule has 88 valence electrons. The third-order valence-electron chi connectivity index (χ3n) is 2.37. The lowest BCUT2D eigenvalue weighted by Gasteiger charge is -2.20. The van der Waals surface area contributed by atoms with E-state index >= 15 is 0 Å². The maximum absolute atomic E-state index is 13.5. The van der Waals surface area contributed by atoms with Crippen molar-refractivity contribution in [2.24, 2.45) is 0 Å². The highest BCUT2D eigenvalue weighted by Crippen LogP contribution is 2.31. The van der Waals surface area contributed by atoms with Crippen LogP contribution in [0.4, 0.5) is 14.5 Å². The molecule has 0 aliphatic carbocycles. The highest BCUT2D eigenvalue weighted by Gasteiger charge is 2.25. The second-order valence-electron chi connectivity index (χ2n) is 3.75. The Bertz CT molecular complexity index is 419. The predicted molar refractivity (Wildman–Crippen MR) is 56.7 cm³/mol. The molecular weight excluding hydrogens is 216 g/mol. The molecule has 1 unspecified atom stereocenters. The van der Waals surface area contributed by atoms with Gasteiger partial charge in [0, 0.05) is 19.7 Å². The van der Waals surface area contributed by atoms with E-state index in [-0.39, 0.29) is 11.3 Å². The van der Waals surface area contributed by atoms with E-state index in [1.165, 1.54) is 25.9 Å². The number of hydrogen-bond acceptors (Lipinski definition) is 2. The number of nitrogens with zero attached hydrogens (tertiary/aromatic N) is 1. The van der Waals surface area contributed by atoms with Crippen LogP contribution in [-0.4, -0.2) is 25.2 Å². The summed E-state index contributed by atoms with van der Waals surface area (Å²) in [4.78, 5) is 12.2. The second-order valence-corrected chi connectivity index (χ2v) is 3.75. The predicted octanol–water partition coefficient (Wildman–Crippen LogP) is 2.22. The van der Waals surface area contributed by atoms with Crippen LogP contribution in [0.15, 0.2) is 12.1 Å². The SMILES string of the molecule is CC(C(=O)O)c1c(F)ccc(F)c1N(C)C. The minimum Gasteiger partial charge on any atom is -0.481 e. The summed E-state index contributed by atoms with van der Waals surface area (Å²) in [6, 6.07) is 1.93. The molecule has 3 nitrogen and oxygen atoms in total. The molecule has 0 saturated carbocycles. The first-order valence-corrected chi connectivity index (χ1v) is 4.74. The Morgan fingerprint density at radius 2 is 1.81 bits per heavy atom. The Balaban J connectivity index is 3.45. The lowest BCUT2D eigenvalue weighted by atomic mass is 9.98. The van der Waals surface area contributed by atoms with Crippen molar-refractivity contribution >= 4 is 11.7 Å². The van der Waals surface area contributed by atoms with E-state index in [9.17, 15) is 13.6 Å². The van der Waals surface area contributed by atoms with Gasteiger partial charge in [0.05, 0.1) is 11.6 Å². The standard InChI is InChI=1S/C11H13F2NO2/c1-6(11(15)16)9-7(12)4-5-8(13)10(9)14(2)3/h4-6H,1-3H3,(H,15,16). The molecule has 1 aromatic carbocycles. The largest absolute Gasteiger partial charge is 0.481 e. The minimum atomic E-state index is -1.19. The van der Waals surface area contributed by atoms with Crippen LogP contribution in [0, 0.1) is 11.6 Å². The molecule has 0 spiro atoms. The zero-order valence-corrected chi connectivity index (χ0v) is 9.29. The van der Waals surface area contributed by atoms with Gasteiger partial charge in [0.25, 0.3) is 0 Å². The molecule has 16 heavy (non-hydrogen) atoms. The van der Waals surface area contributed by atoms with Gasteiger partial charge < -0.3 is 10.0 Å². The van der Waals surface area contributed by atoms with E-state index in [1.807, 2.05) is 0 Å². The summed E-state index contributed by atoms with van der Waals surface area (Å²) in [6.07, 6.45) is 0. The Morgan fingerprint density at radius 3 is 2.25 bits per heavy atom. The minimum absolute atomic E-state index is 0.0186. The van der Waals surface area contributed by atoms with Crippen molar-refractivity contribution in [3.63, 3.8) is 0 Å². The van der Waals surface area contributed by atoms with Gasteiger partial charge in [0.2, 0.25) is 0 Å². The van der Waals surface area contributed by atoms with Gasteiger partial charge in [-0.25, -0.2) is 8.78 Å². The van der Waals surface area contributed by atoms with Crippen molar-refractivity contribution in [3.05, 3.63) is 29.3 Å². The van der Waals surface area contributed by atoms with Gasteiger partial charge in [-0.2, -0.15) is 0 Å². The summed E-state index contributed by atoms with van der Waals surface area (Å²) in [5.74, 6) is -3.62. The van der Waals surface area contributed by atoms with Gasteiger partial charge in [-0.15, -0.1) is 0 Å². The second kappa shape index (κ2) is 4.47. The number of halogens is 2. The molecule has 0 aromatic heterocycles. The zero-order valence-electron chi connectivity index (χ0n) is 9.29. The first-order valence-electron chi connectivity index (χ1n) is 4.74. The topological polar surface area (TPSA) is 40.5 Å². The molecule has 5 heteroatoms. The molecule has 1 atom stereocenters. The number of hydrogen-bond donors (Lipinski definition) is 1. The summed E-state index contributed by atoms with van der Waals surface area (Å²) in [6.45, 7) is 1.33. The van der Waals surface area contributed by atoms with E-state index in [2.05, 4.69) is 0 Å². The molecule has 1 rings (SSSR count). The van der Waals surface area contributed by atoms with Crippen molar-refractivity contribution in [1.29, 1.82) is 0 Å². The molecule has 0 aliphatic heterocycles. The molecule has 0 saturated heterocycles. The fourth-order valence-corrected chi connectivity index (χ4v) is 1.55. The van der Waals surface area contributed by atoms with Gasteiger partial charge in [-0.05, 0) is 19.1 Å². The monoisotopic (exact) mass is 229 g/mol. The fourth-order valence-electron chi connectivity index (χ4n) is 1.55. The van der Waals surface area contributed by atoms with Crippen molar-refractivity contribution in [2.45, 2.75) is 12.8 Å². The summed E-state index contributed by atoms with van der Waals surface area (Å²) in [7, 11) is 3.08. The maximum Gasteiger partial charge on any atom is 0.310 e. The quantitative estimate of drug-likeness (QED) is 0.863. The highest BCUT2D eigenvalue weighted by molar-refractivity contribution is 5.79. The smallest absolute Gasteiger partial charge is 0.310 e. The first kappa shape index (κ1) is 12.4. The van der Waals surface area contributed by atoms with Crippen LogP contribution in [0.3, 0.4) is 0 Å². The molecule has 0 bridgehead atoms. The van der Waals surface area contributed by atoms with Crippen molar-refractivity contribution in [3.8, 4) is 0 Å². The van der Waals surface area contributed by atoms with Gasteiger partial charge >= 0.3 is 5.97 Å². The molecule has 1 N–H and O–H groups in total. The number of benzene rings is 1. The van der Waals surface area contributed by atoms with E-state index in [0.29, 0.717) is 0 Å². The molecule has 0 aliphatic rings. The Hall–Kier alpha value is -1.65. The van der Waals surface area contributed by atoms with E-state index in [4.69, 9.17) is 5.11 Å². The van der Waals surface area contributed by atoms with Gasteiger partial charge in [0.15, 0.2) is 0 Å². The Morgan fingerprint density at radius 1 is 1.31 bits per heavy atom. The van der Waals surface area contributed by atoms with Crippen LogP contribution < -0.4 is 4.90 Å². The summed E-state index contributed by atoms with van der Waals surface area (Å²) < 4.78 is 27.0. The fraction of sp³-hybridized carbons (Fsp3) is 0.364. The highest BCUT2D eigenvalue weighted by atomic mass is 19.1. The molecule has 0 amide bonds. The van der Waals surface area contributed by atoms with Gasteiger partial charge in [0.1, 0.15) is 11.6 Å². The number of anilines is 1. The number of rotatable bonds is 3. The van der Waals surface area contributed by atoms with Crippen molar-refractivity contribution in [2.75, 3.05) is 19.0 Å². The Kier molecular flexibility index (Phi) is 3.47. The van der Waals surface area contributed by atoms with Crippen molar-refractivity contribution < 1.29 is 18.7 Å². The maximum atomic E-state index is 13.5. The van der Waals surface area contributed by atoms with Crippen LogP contribution in [-0.2, 0) is 4.79 Å². The molecular formula is C11H13F2NO2. The van der Waals surface area contributed by atoms with E-state index < -0.39 is 23.5 Å². The molecule has 1 aromatic rings. The third-order valence-corrected chi connectivity index (χ3v) is 2.37.